The van der Waals surface area contributed by atoms with Crippen LogP contribution >= 0.6 is 0 Å². The first-order valence-corrected chi connectivity index (χ1v) is 6.86. The molecule has 0 aliphatic rings. The average Bonchev–Trinajstić information content (AvgIpc) is 2.27. The lowest BCUT2D eigenvalue weighted by atomic mass is 9.86. The first-order chi connectivity index (χ1) is 8.72. The molecule has 0 aliphatic carbocycles. The second kappa shape index (κ2) is 6.09. The van der Waals surface area contributed by atoms with Crippen LogP contribution < -0.4 is 10.6 Å². The van der Waals surface area contributed by atoms with Gasteiger partial charge in [0.25, 0.3) is 0 Å². The zero-order valence-corrected chi connectivity index (χ0v) is 12.9. The molecular formula is C16H27N3. The van der Waals surface area contributed by atoms with Gasteiger partial charge in [0.15, 0.2) is 0 Å². The number of nitrogens with zero attached hydrogens (tertiary/aromatic N) is 1. The fourth-order valence-electron chi connectivity index (χ4n) is 2.19. The fourth-order valence-corrected chi connectivity index (χ4v) is 2.19. The van der Waals surface area contributed by atoms with Crippen LogP contribution in [0.2, 0.25) is 0 Å². The number of benzene rings is 1. The second-order valence-electron chi connectivity index (χ2n) is 6.17. The topological polar surface area (TPSA) is 53.1 Å². The van der Waals surface area contributed by atoms with Crippen LogP contribution in [0.4, 0.5) is 5.69 Å². The first-order valence-electron chi connectivity index (χ1n) is 6.86. The number of aryl methyl sites for hydroxylation is 2. The van der Waals surface area contributed by atoms with Crippen molar-refractivity contribution < 1.29 is 0 Å². The average molecular weight is 261 g/mol. The number of hydrogen-bond donors (Lipinski definition) is 2. The van der Waals surface area contributed by atoms with E-state index in [0.717, 1.165) is 19.4 Å². The third-order valence-electron chi connectivity index (χ3n) is 3.67. The van der Waals surface area contributed by atoms with E-state index in [1.807, 2.05) is 13.8 Å². The summed E-state index contributed by atoms with van der Waals surface area (Å²) in [4.78, 5) is 2.27. The van der Waals surface area contributed by atoms with Crippen LogP contribution in [-0.2, 0) is 0 Å². The highest BCUT2D eigenvalue weighted by Crippen LogP contribution is 2.23. The van der Waals surface area contributed by atoms with Crippen LogP contribution in [0.3, 0.4) is 0 Å². The Morgan fingerprint density at radius 3 is 2.21 bits per heavy atom. The van der Waals surface area contributed by atoms with E-state index in [9.17, 15) is 0 Å². The number of nitrogens with one attached hydrogen (secondary N) is 1. The smallest absolute Gasteiger partial charge is 0.0963 e. The molecule has 0 fully saturated rings. The van der Waals surface area contributed by atoms with Crippen LogP contribution in [0.15, 0.2) is 18.2 Å². The van der Waals surface area contributed by atoms with E-state index in [-0.39, 0.29) is 11.3 Å². The minimum atomic E-state index is -0.191. The van der Waals surface area contributed by atoms with E-state index in [1.165, 1.54) is 16.8 Å². The summed E-state index contributed by atoms with van der Waals surface area (Å²) in [6.45, 7) is 9.31. The molecule has 3 heteroatoms. The van der Waals surface area contributed by atoms with Crippen molar-refractivity contribution in [2.45, 2.75) is 40.5 Å². The van der Waals surface area contributed by atoms with Gasteiger partial charge in [0.05, 0.1) is 5.84 Å². The predicted octanol–water partition coefficient (Wildman–Crippen LogP) is 3.48. The highest BCUT2D eigenvalue weighted by molar-refractivity contribution is 5.82. The molecule has 0 aromatic heterocycles. The van der Waals surface area contributed by atoms with Crippen molar-refractivity contribution in [2.75, 3.05) is 18.5 Å². The lowest BCUT2D eigenvalue weighted by Crippen LogP contribution is -2.32. The Labute approximate surface area is 117 Å². The molecule has 106 valence electrons. The SMILES string of the molecule is Cc1cc(C)cc(N(C)CCCC(C)(C)C(=N)N)c1. The molecule has 0 saturated carbocycles. The molecule has 0 heterocycles. The van der Waals surface area contributed by atoms with Crippen molar-refractivity contribution in [1.29, 1.82) is 5.41 Å². The Kier molecular flexibility index (Phi) is 4.98. The summed E-state index contributed by atoms with van der Waals surface area (Å²) < 4.78 is 0. The van der Waals surface area contributed by atoms with Crippen molar-refractivity contribution in [3.63, 3.8) is 0 Å². The Hall–Kier alpha value is -1.51. The number of hydrogen-bond acceptors (Lipinski definition) is 2. The van der Waals surface area contributed by atoms with Crippen molar-refractivity contribution >= 4 is 11.5 Å². The molecule has 3 N–H and O–H groups in total. The zero-order chi connectivity index (χ0) is 14.6. The molecule has 1 rings (SSSR count). The molecule has 0 spiro atoms. The molecule has 0 atom stereocenters. The molecular weight excluding hydrogens is 234 g/mol. The molecule has 0 amide bonds. The monoisotopic (exact) mass is 261 g/mol. The van der Waals surface area contributed by atoms with E-state index in [2.05, 4.69) is 44.0 Å². The quantitative estimate of drug-likeness (QED) is 0.608. The summed E-state index contributed by atoms with van der Waals surface area (Å²) in [5.74, 6) is 0.279. The van der Waals surface area contributed by atoms with Gasteiger partial charge in [-0.1, -0.05) is 19.9 Å². The van der Waals surface area contributed by atoms with Crippen molar-refractivity contribution in [1.82, 2.24) is 0 Å². The maximum Gasteiger partial charge on any atom is 0.0963 e. The number of amidine groups is 1. The summed E-state index contributed by atoms with van der Waals surface area (Å²) in [5, 5.41) is 7.57. The summed E-state index contributed by atoms with van der Waals surface area (Å²) in [6.07, 6.45) is 1.98. The molecule has 1 aromatic rings. The summed E-state index contributed by atoms with van der Waals surface area (Å²) in [7, 11) is 2.12. The van der Waals surface area contributed by atoms with Crippen LogP contribution in [0.5, 0.6) is 0 Å². The van der Waals surface area contributed by atoms with Gasteiger partial charge < -0.3 is 10.6 Å². The van der Waals surface area contributed by atoms with E-state index in [0.29, 0.717) is 0 Å². The maximum atomic E-state index is 7.57. The Morgan fingerprint density at radius 1 is 1.21 bits per heavy atom. The number of nitrogens with two attached hydrogens (primary N) is 1. The van der Waals surface area contributed by atoms with E-state index >= 15 is 0 Å². The normalized spacial score (nSPS) is 11.4. The van der Waals surface area contributed by atoms with Gasteiger partial charge in [0.1, 0.15) is 0 Å². The lowest BCUT2D eigenvalue weighted by Gasteiger charge is -2.25. The van der Waals surface area contributed by atoms with Gasteiger partial charge >= 0.3 is 0 Å². The highest BCUT2D eigenvalue weighted by Gasteiger charge is 2.21. The number of rotatable bonds is 6. The van der Waals surface area contributed by atoms with E-state index < -0.39 is 0 Å². The van der Waals surface area contributed by atoms with Gasteiger partial charge in [-0.05, 0) is 49.9 Å². The Balaban J connectivity index is 2.56. The van der Waals surface area contributed by atoms with E-state index in [4.69, 9.17) is 11.1 Å². The van der Waals surface area contributed by atoms with Crippen molar-refractivity contribution in [2.24, 2.45) is 11.1 Å². The molecule has 0 unspecified atom stereocenters. The molecule has 1 aromatic carbocycles. The molecule has 3 nitrogen and oxygen atoms in total. The van der Waals surface area contributed by atoms with Gasteiger partial charge in [0.2, 0.25) is 0 Å². The van der Waals surface area contributed by atoms with Crippen molar-refractivity contribution in [3.05, 3.63) is 29.3 Å². The van der Waals surface area contributed by atoms with Crippen LogP contribution in [0, 0.1) is 24.7 Å². The Morgan fingerprint density at radius 2 is 1.74 bits per heavy atom. The largest absolute Gasteiger partial charge is 0.387 e. The molecule has 0 aliphatic heterocycles. The Bertz CT molecular complexity index is 429. The standard InChI is InChI=1S/C16H27N3/c1-12-9-13(2)11-14(10-12)19(5)8-6-7-16(3,4)15(17)18/h9-11H,6-8H2,1-5H3,(H3,17,18). The van der Waals surface area contributed by atoms with Gasteiger partial charge in [-0.15, -0.1) is 0 Å². The second-order valence-corrected chi connectivity index (χ2v) is 6.17. The minimum absolute atomic E-state index is 0.191. The van der Waals surface area contributed by atoms with Crippen LogP contribution in [0.25, 0.3) is 0 Å². The zero-order valence-electron chi connectivity index (χ0n) is 12.9. The molecule has 19 heavy (non-hydrogen) atoms. The third kappa shape index (κ3) is 4.58. The van der Waals surface area contributed by atoms with Gasteiger partial charge in [-0.2, -0.15) is 0 Å². The molecule has 0 bridgehead atoms. The van der Waals surface area contributed by atoms with Gasteiger partial charge in [0, 0.05) is 24.7 Å². The van der Waals surface area contributed by atoms with Gasteiger partial charge in [-0.25, -0.2) is 0 Å². The predicted molar refractivity (Wildman–Crippen MR) is 84.1 cm³/mol. The highest BCUT2D eigenvalue weighted by atomic mass is 15.1. The summed E-state index contributed by atoms with van der Waals surface area (Å²) in [5.41, 5.74) is 9.27. The maximum absolute atomic E-state index is 7.57. The third-order valence-corrected chi connectivity index (χ3v) is 3.67. The minimum Gasteiger partial charge on any atom is -0.387 e. The van der Waals surface area contributed by atoms with E-state index in [1.54, 1.807) is 0 Å². The molecule has 0 radical (unpaired) electrons. The lowest BCUT2D eigenvalue weighted by molar-refractivity contribution is 0.452. The summed E-state index contributed by atoms with van der Waals surface area (Å²) in [6, 6.07) is 6.61. The summed E-state index contributed by atoms with van der Waals surface area (Å²) >= 11 is 0. The first kappa shape index (κ1) is 15.5. The van der Waals surface area contributed by atoms with Crippen LogP contribution in [0.1, 0.15) is 37.8 Å². The van der Waals surface area contributed by atoms with Crippen molar-refractivity contribution in [3.8, 4) is 0 Å². The van der Waals surface area contributed by atoms with Gasteiger partial charge in [-0.3, -0.25) is 5.41 Å². The fraction of sp³-hybridized carbons (Fsp3) is 0.562. The number of anilines is 1. The van der Waals surface area contributed by atoms with Crippen LogP contribution in [-0.4, -0.2) is 19.4 Å². The molecule has 0 saturated heterocycles.